The Morgan fingerprint density at radius 3 is 2.93 bits per heavy atom. The number of rotatable bonds is 9. The fourth-order valence-electron chi connectivity index (χ4n) is 2.41. The van der Waals surface area contributed by atoms with E-state index in [1.54, 1.807) is 12.1 Å². The second-order valence-electron chi connectivity index (χ2n) is 5.89. The normalized spacial score (nSPS) is 17.9. The molecule has 1 aromatic carbocycles. The van der Waals surface area contributed by atoms with Crippen LogP contribution in [-0.2, 0) is 14.3 Å². The van der Waals surface area contributed by atoms with Gasteiger partial charge in [-0.25, -0.2) is 0 Å². The summed E-state index contributed by atoms with van der Waals surface area (Å²) in [6.07, 6.45) is 0.827. The van der Waals surface area contributed by atoms with E-state index < -0.39 is 5.25 Å². The van der Waals surface area contributed by atoms with Crippen molar-refractivity contribution in [3.8, 4) is 5.75 Å². The first-order chi connectivity index (χ1) is 12.9. The van der Waals surface area contributed by atoms with Crippen LogP contribution in [0.3, 0.4) is 0 Å². The van der Waals surface area contributed by atoms with Gasteiger partial charge in [-0.3, -0.25) is 14.6 Å². The Kier molecular flexibility index (Phi) is 8.40. The minimum atomic E-state index is -0.505. The van der Waals surface area contributed by atoms with Crippen LogP contribution >= 0.6 is 23.4 Å². The summed E-state index contributed by atoms with van der Waals surface area (Å²) in [4.78, 5) is 28.8. The lowest BCUT2D eigenvalue weighted by atomic mass is 10.2. The molecule has 1 fully saturated rings. The van der Waals surface area contributed by atoms with Crippen LogP contribution in [0.1, 0.15) is 25.3 Å². The van der Waals surface area contributed by atoms with Crippen molar-refractivity contribution in [2.75, 3.05) is 32.2 Å². The number of carbonyl (C=O) groups excluding carboxylic acids is 2. The average Bonchev–Trinajstić information content (AvgIpc) is 2.97. The van der Waals surface area contributed by atoms with Crippen molar-refractivity contribution < 1.29 is 19.1 Å². The van der Waals surface area contributed by atoms with Crippen molar-refractivity contribution >= 4 is 46.0 Å². The van der Waals surface area contributed by atoms with E-state index in [0.29, 0.717) is 41.4 Å². The van der Waals surface area contributed by atoms with Crippen LogP contribution < -0.4 is 15.4 Å². The van der Waals surface area contributed by atoms with Gasteiger partial charge in [0, 0.05) is 37.3 Å². The predicted octanol–water partition coefficient (Wildman–Crippen LogP) is 3.00. The number of methoxy groups -OCH3 is 1. The number of thioether (sulfide) groups is 1. The van der Waals surface area contributed by atoms with Gasteiger partial charge >= 0.3 is 0 Å². The van der Waals surface area contributed by atoms with Crippen molar-refractivity contribution in [2.24, 2.45) is 4.99 Å². The Balaban J connectivity index is 1.90. The Labute approximate surface area is 168 Å². The van der Waals surface area contributed by atoms with E-state index in [1.165, 1.54) is 18.9 Å². The molecule has 0 saturated carbocycles. The van der Waals surface area contributed by atoms with E-state index >= 15 is 0 Å². The van der Waals surface area contributed by atoms with Crippen LogP contribution in [0.2, 0.25) is 5.02 Å². The Morgan fingerprint density at radius 2 is 2.22 bits per heavy atom. The van der Waals surface area contributed by atoms with Gasteiger partial charge in [0.15, 0.2) is 5.17 Å². The van der Waals surface area contributed by atoms with Gasteiger partial charge < -0.3 is 20.1 Å². The van der Waals surface area contributed by atoms with Gasteiger partial charge in [0.2, 0.25) is 11.8 Å². The van der Waals surface area contributed by atoms with Crippen molar-refractivity contribution in [3.63, 3.8) is 0 Å². The highest BCUT2D eigenvalue weighted by molar-refractivity contribution is 8.15. The number of nitrogens with zero attached hydrogens (tertiary/aromatic N) is 1. The second-order valence-corrected chi connectivity index (χ2v) is 7.49. The van der Waals surface area contributed by atoms with Crippen molar-refractivity contribution in [2.45, 2.75) is 31.9 Å². The van der Waals surface area contributed by atoms with Gasteiger partial charge in [-0.1, -0.05) is 23.4 Å². The molecule has 1 saturated heterocycles. The van der Waals surface area contributed by atoms with E-state index in [4.69, 9.17) is 21.1 Å². The number of benzene rings is 1. The summed E-state index contributed by atoms with van der Waals surface area (Å²) in [6.45, 7) is 5.67. The summed E-state index contributed by atoms with van der Waals surface area (Å²) in [6, 6.07) is 3.39. The number of aryl methyl sites for hydroxylation is 1. The molecule has 27 heavy (non-hydrogen) atoms. The molecule has 2 amide bonds. The maximum absolute atomic E-state index is 12.4. The molecule has 1 aliphatic rings. The molecule has 1 aliphatic heterocycles. The van der Waals surface area contributed by atoms with Crippen molar-refractivity contribution in [3.05, 3.63) is 22.7 Å². The third-order valence-corrected chi connectivity index (χ3v) is 5.34. The molecule has 0 aromatic heterocycles. The van der Waals surface area contributed by atoms with Crippen LogP contribution in [0.15, 0.2) is 17.1 Å². The van der Waals surface area contributed by atoms with E-state index in [-0.39, 0.29) is 18.2 Å². The number of amides is 2. The smallest absolute Gasteiger partial charge is 0.240 e. The third-order valence-electron chi connectivity index (χ3n) is 3.81. The van der Waals surface area contributed by atoms with Gasteiger partial charge in [-0.15, -0.1) is 0 Å². The van der Waals surface area contributed by atoms with Crippen LogP contribution in [0.5, 0.6) is 5.75 Å². The molecular formula is C18H24ClN3O4S. The molecule has 1 heterocycles. The van der Waals surface area contributed by atoms with Crippen molar-refractivity contribution in [1.82, 2.24) is 5.32 Å². The van der Waals surface area contributed by atoms with Gasteiger partial charge in [0.05, 0.1) is 12.8 Å². The van der Waals surface area contributed by atoms with Crippen LogP contribution in [0.4, 0.5) is 5.69 Å². The minimum Gasteiger partial charge on any atom is -0.495 e. The van der Waals surface area contributed by atoms with E-state index in [0.717, 1.165) is 12.0 Å². The molecule has 0 bridgehead atoms. The second kappa shape index (κ2) is 10.5. The quantitative estimate of drug-likeness (QED) is 0.607. The largest absolute Gasteiger partial charge is 0.495 e. The monoisotopic (exact) mass is 413 g/mol. The van der Waals surface area contributed by atoms with Gasteiger partial charge in [-0.05, 0) is 31.9 Å². The lowest BCUT2D eigenvalue weighted by molar-refractivity contribution is -0.122. The summed E-state index contributed by atoms with van der Waals surface area (Å²) in [5.41, 5.74) is 1.35. The van der Waals surface area contributed by atoms with Crippen LogP contribution in [-0.4, -0.2) is 49.1 Å². The zero-order chi connectivity index (χ0) is 19.8. The van der Waals surface area contributed by atoms with Gasteiger partial charge in [-0.2, -0.15) is 0 Å². The molecule has 9 heteroatoms. The van der Waals surface area contributed by atoms with Gasteiger partial charge in [0.25, 0.3) is 0 Å². The first-order valence-corrected chi connectivity index (χ1v) is 9.94. The Hall–Kier alpha value is -1.77. The first kappa shape index (κ1) is 21.5. The predicted molar refractivity (Wildman–Crippen MR) is 109 cm³/mol. The third kappa shape index (κ3) is 6.41. The molecule has 0 radical (unpaired) electrons. The number of ether oxygens (including phenoxy) is 2. The zero-order valence-corrected chi connectivity index (χ0v) is 17.2. The average molecular weight is 414 g/mol. The van der Waals surface area contributed by atoms with Crippen molar-refractivity contribution in [1.29, 1.82) is 0 Å². The zero-order valence-electron chi connectivity index (χ0n) is 15.6. The van der Waals surface area contributed by atoms with E-state index in [1.807, 2.05) is 13.8 Å². The fraction of sp³-hybridized carbons (Fsp3) is 0.500. The molecule has 2 rings (SSSR count). The molecule has 0 aliphatic carbocycles. The topological polar surface area (TPSA) is 89.0 Å². The lowest BCUT2D eigenvalue weighted by Crippen LogP contribution is -2.28. The maximum atomic E-state index is 12.4. The highest BCUT2D eigenvalue weighted by Gasteiger charge is 2.32. The number of halogens is 1. The molecule has 2 N–H and O–H groups in total. The summed E-state index contributed by atoms with van der Waals surface area (Å²) < 4.78 is 10.5. The fourth-order valence-corrected chi connectivity index (χ4v) is 3.55. The number of nitrogens with one attached hydrogen (secondary N) is 2. The number of carbonyl (C=O) groups is 2. The molecule has 0 spiro atoms. The highest BCUT2D eigenvalue weighted by atomic mass is 35.5. The SMILES string of the molecule is CCOCCCN=C1NC(=O)[C@H](CC(=O)Nc2cc(C)c(Cl)cc2OC)S1. The van der Waals surface area contributed by atoms with Crippen LogP contribution in [0.25, 0.3) is 0 Å². The first-order valence-electron chi connectivity index (χ1n) is 8.68. The van der Waals surface area contributed by atoms with E-state index in [9.17, 15) is 9.59 Å². The number of hydrogen-bond donors (Lipinski definition) is 2. The Morgan fingerprint density at radius 1 is 1.44 bits per heavy atom. The summed E-state index contributed by atoms with van der Waals surface area (Å²) in [5, 5.41) is 6.10. The summed E-state index contributed by atoms with van der Waals surface area (Å²) >= 11 is 7.35. The summed E-state index contributed by atoms with van der Waals surface area (Å²) in [5.74, 6) is -0.0164. The molecular weight excluding hydrogens is 390 g/mol. The van der Waals surface area contributed by atoms with E-state index in [2.05, 4.69) is 15.6 Å². The highest BCUT2D eigenvalue weighted by Crippen LogP contribution is 2.31. The number of aliphatic imine (C=N–C) groups is 1. The molecule has 0 unspecified atom stereocenters. The molecule has 148 valence electrons. The van der Waals surface area contributed by atoms with Crippen LogP contribution in [0, 0.1) is 6.92 Å². The molecule has 1 aromatic rings. The molecule has 7 nitrogen and oxygen atoms in total. The lowest BCUT2D eigenvalue weighted by Gasteiger charge is -2.13. The number of hydrogen-bond acceptors (Lipinski definition) is 6. The molecule has 1 atom stereocenters. The number of amidine groups is 1. The standard InChI is InChI=1S/C18H24ClN3O4S/c1-4-26-7-5-6-20-18-22-17(24)15(27-18)10-16(23)21-13-8-11(2)12(19)9-14(13)25-3/h8-9,15H,4-7,10H2,1-3H3,(H,21,23)(H,20,22,24)/t15-/m0/s1. The minimum absolute atomic E-state index is 0.0410. The van der Waals surface area contributed by atoms with Gasteiger partial charge in [0.1, 0.15) is 11.0 Å². The maximum Gasteiger partial charge on any atom is 0.240 e. The number of anilines is 1. The summed E-state index contributed by atoms with van der Waals surface area (Å²) in [7, 11) is 1.51. The Bertz CT molecular complexity index is 727.